The molecule has 0 amide bonds. The third kappa shape index (κ3) is 5.06. The lowest BCUT2D eigenvalue weighted by atomic mass is 10.2. The van der Waals surface area contributed by atoms with Crippen LogP contribution in [0.2, 0.25) is 5.02 Å². The van der Waals surface area contributed by atoms with Crippen molar-refractivity contribution in [3.63, 3.8) is 0 Å². The van der Waals surface area contributed by atoms with E-state index in [1.165, 1.54) is 0 Å². The summed E-state index contributed by atoms with van der Waals surface area (Å²) in [7, 11) is -0.537. The highest BCUT2D eigenvalue weighted by atomic mass is 35.5. The van der Waals surface area contributed by atoms with E-state index in [4.69, 9.17) is 16.3 Å². The summed E-state index contributed by atoms with van der Waals surface area (Å²) in [6.07, 6.45) is -3.59. The van der Waals surface area contributed by atoms with Gasteiger partial charge in [0.05, 0.1) is 19.8 Å². The molecule has 1 aromatic carbocycles. The highest BCUT2D eigenvalue weighted by Crippen LogP contribution is 2.25. The van der Waals surface area contributed by atoms with Crippen LogP contribution in [0.1, 0.15) is 5.56 Å². The Morgan fingerprint density at radius 1 is 1.21 bits per heavy atom. The lowest BCUT2D eigenvalue weighted by molar-refractivity contribution is -0.0623. The highest BCUT2D eigenvalue weighted by Gasteiger charge is 2.50. The van der Waals surface area contributed by atoms with Gasteiger partial charge in [0.2, 0.25) is 0 Å². The third-order valence-electron chi connectivity index (χ3n) is 4.14. The van der Waals surface area contributed by atoms with Crippen molar-refractivity contribution >= 4 is 22.5 Å². The van der Waals surface area contributed by atoms with Crippen molar-refractivity contribution in [1.29, 1.82) is 0 Å². The fourth-order valence-corrected chi connectivity index (χ4v) is 5.52. The van der Waals surface area contributed by atoms with Gasteiger partial charge in [-0.3, -0.25) is 0 Å². The van der Waals surface area contributed by atoms with Crippen molar-refractivity contribution in [2.75, 3.05) is 24.7 Å². The molecular formula is C16H24ClO6S+. The van der Waals surface area contributed by atoms with Gasteiger partial charge in [0.15, 0.2) is 5.25 Å². The second-order valence-corrected chi connectivity index (χ2v) is 8.66. The van der Waals surface area contributed by atoms with Crippen LogP contribution in [0.3, 0.4) is 0 Å². The molecule has 136 valence electrons. The molecule has 0 aliphatic carbocycles. The molecule has 0 radical (unpaired) electrons. The lowest BCUT2D eigenvalue weighted by Gasteiger charge is -2.22. The normalized spacial score (nSPS) is 29.6. The van der Waals surface area contributed by atoms with Gasteiger partial charge in [-0.05, 0) is 17.7 Å². The number of rotatable bonds is 8. The third-order valence-corrected chi connectivity index (χ3v) is 7.21. The van der Waals surface area contributed by atoms with Crippen molar-refractivity contribution in [2.24, 2.45) is 0 Å². The van der Waals surface area contributed by atoms with Gasteiger partial charge >= 0.3 is 0 Å². The Hall–Kier alpha value is -0.380. The summed E-state index contributed by atoms with van der Waals surface area (Å²) in [4.78, 5) is 0. The Bertz CT molecular complexity index is 502. The van der Waals surface area contributed by atoms with E-state index in [9.17, 15) is 25.5 Å². The van der Waals surface area contributed by atoms with Crippen LogP contribution in [0.15, 0.2) is 24.3 Å². The minimum Gasteiger partial charge on any atom is -0.394 e. The van der Waals surface area contributed by atoms with Crippen molar-refractivity contribution in [3.8, 4) is 0 Å². The molecule has 1 aliphatic rings. The number of benzene rings is 1. The molecule has 1 heterocycles. The first kappa shape index (κ1) is 19.9. The van der Waals surface area contributed by atoms with E-state index in [0.29, 0.717) is 10.8 Å². The summed E-state index contributed by atoms with van der Waals surface area (Å²) in [6, 6.07) is 7.07. The molecule has 5 N–H and O–H groups in total. The van der Waals surface area contributed by atoms with Crippen LogP contribution in [0, 0.1) is 0 Å². The number of aliphatic hydroxyl groups is 5. The van der Waals surface area contributed by atoms with Crippen molar-refractivity contribution in [2.45, 2.75) is 36.3 Å². The van der Waals surface area contributed by atoms with Gasteiger partial charge in [-0.2, -0.15) is 0 Å². The molecule has 8 heteroatoms. The molecule has 1 unspecified atom stereocenters. The summed E-state index contributed by atoms with van der Waals surface area (Å²) < 4.78 is 5.59. The quantitative estimate of drug-likeness (QED) is 0.382. The summed E-state index contributed by atoms with van der Waals surface area (Å²) >= 11 is 5.82. The Kier molecular flexibility index (Phi) is 7.77. The molecule has 0 aromatic heterocycles. The van der Waals surface area contributed by atoms with Crippen molar-refractivity contribution in [3.05, 3.63) is 34.9 Å². The van der Waals surface area contributed by atoms with E-state index >= 15 is 0 Å². The Morgan fingerprint density at radius 2 is 1.88 bits per heavy atom. The average molecular weight is 380 g/mol. The molecule has 1 saturated heterocycles. The molecule has 0 bridgehead atoms. The summed E-state index contributed by atoms with van der Waals surface area (Å²) in [5, 5.41) is 48.9. The second kappa shape index (κ2) is 9.35. The Balaban J connectivity index is 1.88. The fraction of sp³-hybridized carbons (Fsp3) is 0.625. The maximum absolute atomic E-state index is 10.3. The van der Waals surface area contributed by atoms with Crippen LogP contribution >= 0.6 is 11.6 Å². The van der Waals surface area contributed by atoms with E-state index in [-0.39, 0.29) is 25.6 Å². The standard InChI is InChI=1S/C16H24ClO6S/c17-11-3-1-10(2-4-11)7-23-14(5-18)12(20)8-24-9-13(21)16(22)15(24)6-19/h1-4,12-16,18-22H,5-9H2/q+1/t12-,13-,14+,15-,16+,24?/m1/s1. The molecule has 1 fully saturated rings. The monoisotopic (exact) mass is 379 g/mol. The first-order valence-corrected chi connectivity index (χ1v) is 9.75. The molecule has 6 atom stereocenters. The number of ether oxygens (including phenoxy) is 1. The smallest absolute Gasteiger partial charge is 0.169 e. The van der Waals surface area contributed by atoms with E-state index < -0.39 is 40.6 Å². The van der Waals surface area contributed by atoms with E-state index in [0.717, 1.165) is 5.56 Å². The minimum absolute atomic E-state index is 0.224. The van der Waals surface area contributed by atoms with Crippen LogP contribution in [0.5, 0.6) is 0 Å². The maximum Gasteiger partial charge on any atom is 0.169 e. The van der Waals surface area contributed by atoms with Crippen LogP contribution < -0.4 is 0 Å². The van der Waals surface area contributed by atoms with Crippen LogP contribution in [0.4, 0.5) is 0 Å². The lowest BCUT2D eigenvalue weighted by Crippen LogP contribution is -2.42. The molecule has 0 spiro atoms. The number of halogens is 1. The highest BCUT2D eigenvalue weighted by molar-refractivity contribution is 7.97. The SMILES string of the molecule is OC[C@H](OCc1ccc(Cl)cc1)[C@H](O)C[S+]1C[C@@H](O)[C@H](O)[C@H]1CO. The average Bonchev–Trinajstić information content (AvgIpc) is 2.83. The molecule has 0 saturated carbocycles. The minimum atomic E-state index is -0.979. The predicted octanol–water partition coefficient (Wildman–Crippen LogP) is -0.707. The van der Waals surface area contributed by atoms with E-state index in [1.807, 2.05) is 0 Å². The van der Waals surface area contributed by atoms with Gasteiger partial charge in [0.1, 0.15) is 35.9 Å². The summed E-state index contributed by atoms with van der Waals surface area (Å²) in [6.45, 7) is -0.369. The first-order chi connectivity index (χ1) is 11.5. The van der Waals surface area contributed by atoms with Crippen LogP contribution in [-0.2, 0) is 22.2 Å². The van der Waals surface area contributed by atoms with E-state index in [2.05, 4.69) is 0 Å². The molecule has 1 aliphatic heterocycles. The van der Waals surface area contributed by atoms with Crippen molar-refractivity contribution in [1.82, 2.24) is 0 Å². The zero-order valence-corrected chi connectivity index (χ0v) is 14.7. The van der Waals surface area contributed by atoms with Gasteiger partial charge in [-0.15, -0.1) is 0 Å². The zero-order valence-electron chi connectivity index (χ0n) is 13.2. The Labute approximate surface area is 149 Å². The molecule has 1 aromatic rings. The van der Waals surface area contributed by atoms with Crippen LogP contribution in [-0.4, -0.2) is 79.9 Å². The number of aliphatic hydroxyl groups excluding tert-OH is 5. The molecular weight excluding hydrogens is 356 g/mol. The predicted molar refractivity (Wildman–Crippen MR) is 93.1 cm³/mol. The van der Waals surface area contributed by atoms with Gasteiger partial charge in [0.25, 0.3) is 0 Å². The molecule has 2 rings (SSSR count). The largest absolute Gasteiger partial charge is 0.394 e. The molecule has 6 nitrogen and oxygen atoms in total. The van der Waals surface area contributed by atoms with Gasteiger partial charge in [0, 0.05) is 15.9 Å². The second-order valence-electron chi connectivity index (χ2n) is 5.88. The first-order valence-electron chi connectivity index (χ1n) is 7.74. The maximum atomic E-state index is 10.3. The Morgan fingerprint density at radius 3 is 2.46 bits per heavy atom. The molecule has 24 heavy (non-hydrogen) atoms. The number of hydrogen-bond acceptors (Lipinski definition) is 6. The van der Waals surface area contributed by atoms with Crippen molar-refractivity contribution < 1.29 is 30.3 Å². The van der Waals surface area contributed by atoms with E-state index in [1.54, 1.807) is 24.3 Å². The number of hydrogen-bond donors (Lipinski definition) is 5. The summed E-state index contributed by atoms with van der Waals surface area (Å²) in [5.41, 5.74) is 0.868. The van der Waals surface area contributed by atoms with Gasteiger partial charge in [-0.1, -0.05) is 23.7 Å². The zero-order chi connectivity index (χ0) is 17.7. The van der Waals surface area contributed by atoms with Crippen LogP contribution in [0.25, 0.3) is 0 Å². The summed E-state index contributed by atoms with van der Waals surface area (Å²) in [5.74, 6) is 0.587. The van der Waals surface area contributed by atoms with Gasteiger partial charge < -0.3 is 30.3 Å². The topological polar surface area (TPSA) is 110 Å². The van der Waals surface area contributed by atoms with Gasteiger partial charge in [-0.25, -0.2) is 0 Å². The fourth-order valence-electron chi connectivity index (χ4n) is 2.69.